The quantitative estimate of drug-likeness (QED) is 0.685. The fraction of sp³-hybridized carbons (Fsp3) is 0.900. The topological polar surface area (TPSA) is 20.3 Å². The van der Waals surface area contributed by atoms with Crippen molar-refractivity contribution in [1.29, 1.82) is 0 Å². The van der Waals surface area contributed by atoms with Crippen LogP contribution >= 0.6 is 27.7 Å². The number of nitrogens with zero attached hydrogens (tertiary/aromatic N) is 1. The van der Waals surface area contributed by atoms with Gasteiger partial charge in [0.2, 0.25) is 5.91 Å². The second kappa shape index (κ2) is 4.88. The molecule has 2 heterocycles. The Morgan fingerprint density at radius 2 is 2.00 bits per heavy atom. The molecule has 0 aliphatic carbocycles. The maximum atomic E-state index is 12.0. The number of carbonyl (C=O) groups excluding carboxylic acids is 1. The van der Waals surface area contributed by atoms with E-state index in [1.807, 2.05) is 11.8 Å². The average Bonchev–Trinajstić information content (AvgIpc) is 2.71. The molecule has 4 heteroatoms. The molecule has 2 fully saturated rings. The molecule has 1 atom stereocenters. The highest BCUT2D eigenvalue weighted by Crippen LogP contribution is 2.27. The lowest BCUT2D eigenvalue weighted by Crippen LogP contribution is -2.42. The van der Waals surface area contributed by atoms with Gasteiger partial charge in [0, 0.05) is 29.6 Å². The van der Waals surface area contributed by atoms with Gasteiger partial charge in [0.05, 0.1) is 0 Å². The van der Waals surface area contributed by atoms with Crippen molar-refractivity contribution in [3.63, 3.8) is 0 Å². The van der Waals surface area contributed by atoms with Crippen LogP contribution in [-0.2, 0) is 4.79 Å². The molecule has 2 nitrogen and oxygen atoms in total. The van der Waals surface area contributed by atoms with E-state index >= 15 is 0 Å². The number of hydrogen-bond acceptors (Lipinski definition) is 2. The molecule has 0 aromatic rings. The van der Waals surface area contributed by atoms with Crippen LogP contribution in [0.4, 0.5) is 0 Å². The first-order valence-corrected chi connectivity index (χ1v) is 7.35. The van der Waals surface area contributed by atoms with Crippen molar-refractivity contribution in [2.24, 2.45) is 5.92 Å². The van der Waals surface area contributed by atoms with Gasteiger partial charge in [0.25, 0.3) is 0 Å². The van der Waals surface area contributed by atoms with Gasteiger partial charge in [0.1, 0.15) is 0 Å². The Balaban J connectivity index is 1.85. The third-order valence-electron chi connectivity index (χ3n) is 3.02. The van der Waals surface area contributed by atoms with Gasteiger partial charge < -0.3 is 4.90 Å². The third-order valence-corrected chi connectivity index (χ3v) is 5.09. The third kappa shape index (κ3) is 2.45. The number of rotatable bonds is 1. The average molecular weight is 278 g/mol. The molecule has 2 rings (SSSR count). The van der Waals surface area contributed by atoms with Gasteiger partial charge in [-0.05, 0) is 25.0 Å². The zero-order valence-corrected chi connectivity index (χ0v) is 10.6. The van der Waals surface area contributed by atoms with Crippen molar-refractivity contribution in [2.45, 2.75) is 24.1 Å². The van der Waals surface area contributed by atoms with Gasteiger partial charge in [-0.2, -0.15) is 11.8 Å². The SMILES string of the molecule is O=C(C1CCSC1)N1CCC(Br)CC1. The lowest BCUT2D eigenvalue weighted by Gasteiger charge is -2.31. The number of carbonyl (C=O) groups is 1. The summed E-state index contributed by atoms with van der Waals surface area (Å²) < 4.78 is 0. The van der Waals surface area contributed by atoms with Crippen molar-refractivity contribution in [1.82, 2.24) is 4.90 Å². The summed E-state index contributed by atoms with van der Waals surface area (Å²) in [6.07, 6.45) is 3.33. The molecule has 80 valence electrons. The summed E-state index contributed by atoms with van der Waals surface area (Å²) in [7, 11) is 0. The summed E-state index contributed by atoms with van der Waals surface area (Å²) in [6, 6.07) is 0. The Hall–Kier alpha value is 0.300. The zero-order chi connectivity index (χ0) is 9.97. The highest BCUT2D eigenvalue weighted by Gasteiger charge is 2.29. The van der Waals surface area contributed by atoms with Gasteiger partial charge in [0.15, 0.2) is 0 Å². The summed E-state index contributed by atoms with van der Waals surface area (Å²) in [4.78, 5) is 14.7. The van der Waals surface area contributed by atoms with Crippen LogP contribution in [0.2, 0.25) is 0 Å². The van der Waals surface area contributed by atoms with Crippen molar-refractivity contribution in [3.8, 4) is 0 Å². The summed E-state index contributed by atoms with van der Waals surface area (Å²) in [5.74, 6) is 2.96. The van der Waals surface area contributed by atoms with Crippen LogP contribution in [-0.4, -0.2) is 40.2 Å². The maximum absolute atomic E-state index is 12.0. The molecule has 0 radical (unpaired) electrons. The molecular weight excluding hydrogens is 262 g/mol. The largest absolute Gasteiger partial charge is 0.342 e. The standard InChI is InChI=1S/C10H16BrNOS/c11-9-1-4-12(5-2-9)10(13)8-3-6-14-7-8/h8-9H,1-7H2. The first-order chi connectivity index (χ1) is 6.77. The smallest absolute Gasteiger partial charge is 0.226 e. The number of amides is 1. The van der Waals surface area contributed by atoms with Crippen molar-refractivity contribution in [3.05, 3.63) is 0 Å². The lowest BCUT2D eigenvalue weighted by molar-refractivity contribution is -0.135. The fourth-order valence-electron chi connectivity index (χ4n) is 2.06. The van der Waals surface area contributed by atoms with Crippen molar-refractivity contribution < 1.29 is 4.79 Å². The normalized spacial score (nSPS) is 29.5. The Morgan fingerprint density at radius 1 is 1.29 bits per heavy atom. The minimum Gasteiger partial charge on any atom is -0.342 e. The Labute approximate surface area is 97.9 Å². The van der Waals surface area contributed by atoms with E-state index in [-0.39, 0.29) is 0 Å². The van der Waals surface area contributed by atoms with E-state index in [1.165, 1.54) is 5.75 Å². The second-order valence-corrected chi connectivity index (χ2v) is 6.51. The summed E-state index contributed by atoms with van der Waals surface area (Å²) >= 11 is 5.52. The van der Waals surface area contributed by atoms with E-state index in [1.54, 1.807) is 0 Å². The molecule has 2 aliphatic heterocycles. The first-order valence-electron chi connectivity index (χ1n) is 5.28. The number of likely N-dealkylation sites (tertiary alicyclic amines) is 1. The van der Waals surface area contributed by atoms with Gasteiger partial charge in [-0.3, -0.25) is 4.79 Å². The predicted molar refractivity (Wildman–Crippen MR) is 64.0 cm³/mol. The van der Waals surface area contributed by atoms with Crippen LogP contribution < -0.4 is 0 Å². The Morgan fingerprint density at radius 3 is 2.57 bits per heavy atom. The van der Waals surface area contributed by atoms with Gasteiger partial charge in [-0.15, -0.1) is 0 Å². The molecule has 2 aliphatic rings. The molecule has 0 bridgehead atoms. The van der Waals surface area contributed by atoms with Crippen LogP contribution in [0.1, 0.15) is 19.3 Å². The van der Waals surface area contributed by atoms with Crippen LogP contribution in [0, 0.1) is 5.92 Å². The molecule has 0 aromatic heterocycles. The van der Waals surface area contributed by atoms with E-state index < -0.39 is 0 Å². The monoisotopic (exact) mass is 277 g/mol. The number of hydrogen-bond donors (Lipinski definition) is 0. The van der Waals surface area contributed by atoms with Crippen molar-refractivity contribution >= 4 is 33.6 Å². The molecular formula is C10H16BrNOS. The molecule has 0 aromatic carbocycles. The van der Waals surface area contributed by atoms with Gasteiger partial charge >= 0.3 is 0 Å². The van der Waals surface area contributed by atoms with Gasteiger partial charge in [-0.1, -0.05) is 15.9 Å². The number of halogens is 1. The van der Waals surface area contributed by atoms with Crippen LogP contribution in [0.5, 0.6) is 0 Å². The number of thioether (sulfide) groups is 1. The summed E-state index contributed by atoms with van der Waals surface area (Å²) in [5, 5.41) is 0. The van der Waals surface area contributed by atoms with E-state index in [9.17, 15) is 4.79 Å². The van der Waals surface area contributed by atoms with E-state index in [4.69, 9.17) is 0 Å². The number of alkyl halides is 1. The molecule has 2 saturated heterocycles. The van der Waals surface area contributed by atoms with Crippen molar-refractivity contribution in [2.75, 3.05) is 24.6 Å². The fourth-order valence-corrected chi connectivity index (χ4v) is 3.68. The Kier molecular flexibility index (Phi) is 3.77. The Bertz CT molecular complexity index is 210. The zero-order valence-electron chi connectivity index (χ0n) is 8.25. The van der Waals surface area contributed by atoms with Crippen LogP contribution in [0.15, 0.2) is 0 Å². The number of piperidine rings is 1. The first kappa shape index (κ1) is 10.8. The van der Waals surface area contributed by atoms with Crippen LogP contribution in [0.25, 0.3) is 0 Å². The molecule has 14 heavy (non-hydrogen) atoms. The minimum absolute atomic E-state index is 0.326. The summed E-state index contributed by atoms with van der Waals surface area (Å²) in [6.45, 7) is 1.91. The molecule has 0 N–H and O–H groups in total. The highest BCUT2D eigenvalue weighted by molar-refractivity contribution is 9.09. The van der Waals surface area contributed by atoms with Gasteiger partial charge in [-0.25, -0.2) is 0 Å². The minimum atomic E-state index is 0.326. The van der Waals surface area contributed by atoms with Crippen LogP contribution in [0.3, 0.4) is 0 Å². The molecule has 1 unspecified atom stereocenters. The van der Waals surface area contributed by atoms with E-state index in [0.29, 0.717) is 16.7 Å². The molecule has 0 saturated carbocycles. The second-order valence-electron chi connectivity index (χ2n) is 4.06. The summed E-state index contributed by atoms with van der Waals surface area (Å²) in [5.41, 5.74) is 0. The van der Waals surface area contributed by atoms with E-state index in [0.717, 1.165) is 38.1 Å². The predicted octanol–water partition coefficient (Wildman–Crippen LogP) is 2.13. The maximum Gasteiger partial charge on any atom is 0.226 e. The molecule has 1 amide bonds. The lowest BCUT2D eigenvalue weighted by atomic mass is 10.0. The molecule has 0 spiro atoms. The highest BCUT2D eigenvalue weighted by atomic mass is 79.9. The van der Waals surface area contributed by atoms with E-state index in [2.05, 4.69) is 20.8 Å².